The van der Waals surface area contributed by atoms with Crippen LogP contribution < -0.4 is 4.87 Å². The molecule has 29 heavy (non-hydrogen) atoms. The first-order valence-corrected chi connectivity index (χ1v) is 11.0. The molecule has 0 saturated heterocycles. The maximum absolute atomic E-state index is 12.9. The van der Waals surface area contributed by atoms with Gasteiger partial charge in [0.1, 0.15) is 0 Å². The predicted molar refractivity (Wildman–Crippen MR) is 110 cm³/mol. The van der Waals surface area contributed by atoms with Gasteiger partial charge in [0.15, 0.2) is 0 Å². The van der Waals surface area contributed by atoms with E-state index >= 15 is 0 Å². The molecule has 0 spiro atoms. The van der Waals surface area contributed by atoms with E-state index in [1.54, 1.807) is 37.4 Å². The Balaban J connectivity index is 1.58. The Labute approximate surface area is 175 Å². The van der Waals surface area contributed by atoms with Crippen molar-refractivity contribution in [2.24, 2.45) is 7.05 Å². The van der Waals surface area contributed by atoms with E-state index in [0.717, 1.165) is 15.6 Å². The summed E-state index contributed by atoms with van der Waals surface area (Å²) in [5, 5.41) is 4.48. The molecule has 11 heteroatoms. The lowest BCUT2D eigenvalue weighted by molar-refractivity contribution is 0.337. The summed E-state index contributed by atoms with van der Waals surface area (Å²) in [6, 6.07) is 11.5. The van der Waals surface area contributed by atoms with Crippen LogP contribution in [0.5, 0.6) is 0 Å². The molecular formula is C18H15ClN4O4S2. The number of aryl methyl sites for hydroxylation is 1. The minimum atomic E-state index is -3.81. The Hall–Kier alpha value is -2.53. The van der Waals surface area contributed by atoms with E-state index in [-0.39, 0.29) is 22.2 Å². The second-order valence-corrected chi connectivity index (χ2v) is 9.81. The molecular weight excluding hydrogens is 436 g/mol. The van der Waals surface area contributed by atoms with Crippen LogP contribution in [0.15, 0.2) is 56.7 Å². The number of thiazole rings is 1. The van der Waals surface area contributed by atoms with Crippen molar-refractivity contribution in [1.29, 1.82) is 0 Å². The van der Waals surface area contributed by atoms with Crippen molar-refractivity contribution in [2.75, 3.05) is 7.05 Å². The van der Waals surface area contributed by atoms with Crippen molar-refractivity contribution in [1.82, 2.24) is 19.0 Å². The highest BCUT2D eigenvalue weighted by atomic mass is 35.5. The molecule has 4 aromatic rings. The monoisotopic (exact) mass is 450 g/mol. The van der Waals surface area contributed by atoms with Crippen LogP contribution in [0.1, 0.15) is 5.89 Å². The highest BCUT2D eigenvalue weighted by molar-refractivity contribution is 7.89. The van der Waals surface area contributed by atoms with Crippen molar-refractivity contribution in [3.63, 3.8) is 0 Å². The molecule has 8 nitrogen and oxygen atoms in total. The van der Waals surface area contributed by atoms with Crippen molar-refractivity contribution >= 4 is 43.2 Å². The molecule has 2 heterocycles. The average Bonchev–Trinajstić information content (AvgIpc) is 3.26. The van der Waals surface area contributed by atoms with E-state index in [1.807, 2.05) is 0 Å². The standard InChI is InChI=1S/C18H15ClN4O4S2/c1-22(10-16-20-17(21-27-16)11-3-5-12(19)6-4-11)29(25,26)13-7-8-14-15(9-13)28-18(24)23(14)2/h3-9H,10H2,1-2H3. The fraction of sp³-hybridized carbons (Fsp3) is 0.167. The average molecular weight is 451 g/mol. The zero-order valence-electron chi connectivity index (χ0n) is 15.4. The topological polar surface area (TPSA) is 98.3 Å². The van der Waals surface area contributed by atoms with E-state index in [0.29, 0.717) is 26.6 Å². The molecule has 0 aliphatic rings. The second-order valence-electron chi connectivity index (χ2n) is 6.34. The van der Waals surface area contributed by atoms with Gasteiger partial charge in [-0.05, 0) is 42.5 Å². The molecule has 0 atom stereocenters. The summed E-state index contributed by atoms with van der Waals surface area (Å²) in [5.41, 5.74) is 1.39. The van der Waals surface area contributed by atoms with Gasteiger partial charge in [0.05, 0.1) is 21.7 Å². The first-order chi connectivity index (χ1) is 13.8. The molecule has 150 valence electrons. The number of fused-ring (bicyclic) bond motifs is 1. The van der Waals surface area contributed by atoms with Gasteiger partial charge in [0.25, 0.3) is 0 Å². The van der Waals surface area contributed by atoms with Crippen molar-refractivity contribution in [2.45, 2.75) is 11.4 Å². The van der Waals surface area contributed by atoms with Crippen molar-refractivity contribution in [3.8, 4) is 11.4 Å². The van der Waals surface area contributed by atoms with Gasteiger partial charge in [-0.25, -0.2) is 8.42 Å². The third kappa shape index (κ3) is 3.71. The third-order valence-corrected chi connectivity index (χ3v) is 7.45. The van der Waals surface area contributed by atoms with Gasteiger partial charge < -0.3 is 9.09 Å². The Kier molecular flexibility index (Phi) is 5.03. The predicted octanol–water partition coefficient (Wildman–Crippen LogP) is 3.12. The number of aromatic nitrogens is 3. The van der Waals surface area contributed by atoms with E-state index in [4.69, 9.17) is 16.1 Å². The lowest BCUT2D eigenvalue weighted by atomic mass is 10.2. The first kappa shape index (κ1) is 19.8. The number of hydrogen-bond donors (Lipinski definition) is 0. The summed E-state index contributed by atoms with van der Waals surface area (Å²) in [4.78, 5) is 16.0. The molecule has 2 aromatic carbocycles. The SMILES string of the molecule is CN(Cc1nc(-c2ccc(Cl)cc2)no1)S(=O)(=O)c1ccc2c(c1)sc(=O)n2C. The van der Waals surface area contributed by atoms with E-state index in [1.165, 1.54) is 23.7 Å². The molecule has 0 N–H and O–H groups in total. The molecule has 2 aromatic heterocycles. The quantitative estimate of drug-likeness (QED) is 0.463. The lowest BCUT2D eigenvalue weighted by Crippen LogP contribution is -2.26. The van der Waals surface area contributed by atoms with Crippen molar-refractivity contribution in [3.05, 3.63) is 63.0 Å². The highest BCUT2D eigenvalue weighted by Gasteiger charge is 2.24. The Morgan fingerprint density at radius 3 is 2.66 bits per heavy atom. The summed E-state index contributed by atoms with van der Waals surface area (Å²) < 4.78 is 34.3. The van der Waals surface area contributed by atoms with E-state index in [2.05, 4.69) is 10.1 Å². The Bertz CT molecular complexity index is 1360. The minimum absolute atomic E-state index is 0.0896. The van der Waals surface area contributed by atoms with Gasteiger partial charge >= 0.3 is 4.87 Å². The van der Waals surface area contributed by atoms with Crippen LogP contribution in [0.4, 0.5) is 0 Å². The van der Waals surface area contributed by atoms with E-state index < -0.39 is 10.0 Å². The van der Waals surface area contributed by atoms with Crippen LogP contribution in [-0.4, -0.2) is 34.5 Å². The molecule has 0 aliphatic heterocycles. The summed E-state index contributed by atoms with van der Waals surface area (Å²) in [5.74, 6) is 0.504. The van der Waals surface area contributed by atoms with Crippen LogP contribution >= 0.6 is 22.9 Å². The molecule has 0 bridgehead atoms. The molecule has 0 amide bonds. The van der Waals surface area contributed by atoms with Crippen molar-refractivity contribution < 1.29 is 12.9 Å². The number of halogens is 1. The summed E-state index contributed by atoms with van der Waals surface area (Å²) in [6.07, 6.45) is 0. The van der Waals surface area contributed by atoms with Crippen LogP contribution in [0.3, 0.4) is 0 Å². The number of nitrogens with zero attached hydrogens (tertiary/aromatic N) is 4. The van der Waals surface area contributed by atoms with Gasteiger partial charge in [-0.2, -0.15) is 9.29 Å². The summed E-state index contributed by atoms with van der Waals surface area (Å²) in [7, 11) is -0.732. The number of hydrogen-bond acceptors (Lipinski definition) is 7. The molecule has 0 saturated carbocycles. The Morgan fingerprint density at radius 1 is 1.21 bits per heavy atom. The zero-order chi connectivity index (χ0) is 20.8. The van der Waals surface area contributed by atoms with Gasteiger partial charge in [0, 0.05) is 24.7 Å². The van der Waals surface area contributed by atoms with Crippen LogP contribution in [0, 0.1) is 0 Å². The van der Waals surface area contributed by atoms with Crippen LogP contribution in [-0.2, 0) is 23.6 Å². The second kappa shape index (κ2) is 7.38. The largest absolute Gasteiger partial charge is 0.338 e. The highest BCUT2D eigenvalue weighted by Crippen LogP contribution is 2.24. The van der Waals surface area contributed by atoms with Gasteiger partial charge in [-0.1, -0.05) is 28.1 Å². The Morgan fingerprint density at radius 2 is 1.93 bits per heavy atom. The summed E-state index contributed by atoms with van der Waals surface area (Å²) in [6.45, 7) is -0.0913. The van der Waals surface area contributed by atoms with Gasteiger partial charge in [-0.3, -0.25) is 4.79 Å². The fourth-order valence-corrected chi connectivity index (χ4v) is 5.03. The smallest absolute Gasteiger partial charge is 0.307 e. The first-order valence-electron chi connectivity index (χ1n) is 8.40. The maximum Gasteiger partial charge on any atom is 0.307 e. The molecule has 0 aliphatic carbocycles. The number of sulfonamides is 1. The lowest BCUT2D eigenvalue weighted by Gasteiger charge is -2.15. The normalized spacial score (nSPS) is 12.1. The molecule has 0 fully saturated rings. The van der Waals surface area contributed by atoms with Gasteiger partial charge in [0.2, 0.25) is 21.7 Å². The fourth-order valence-electron chi connectivity index (χ4n) is 2.77. The summed E-state index contributed by atoms with van der Waals surface area (Å²) >= 11 is 6.87. The third-order valence-electron chi connectivity index (χ3n) is 4.40. The van der Waals surface area contributed by atoms with Crippen LogP contribution in [0.25, 0.3) is 21.6 Å². The zero-order valence-corrected chi connectivity index (χ0v) is 17.8. The van der Waals surface area contributed by atoms with E-state index in [9.17, 15) is 13.2 Å². The number of benzene rings is 2. The molecule has 0 radical (unpaired) electrons. The van der Waals surface area contributed by atoms with Gasteiger partial charge in [-0.15, -0.1) is 0 Å². The molecule has 0 unspecified atom stereocenters. The number of rotatable bonds is 5. The minimum Gasteiger partial charge on any atom is -0.338 e. The van der Waals surface area contributed by atoms with Crippen LogP contribution in [0.2, 0.25) is 5.02 Å². The maximum atomic E-state index is 12.9. The molecule has 4 rings (SSSR count).